The van der Waals surface area contributed by atoms with Crippen LogP contribution in [-0.2, 0) is 9.47 Å². The van der Waals surface area contributed by atoms with E-state index >= 15 is 0 Å². The van der Waals surface area contributed by atoms with E-state index in [1.807, 2.05) is 0 Å². The van der Waals surface area contributed by atoms with Gasteiger partial charge in [0.1, 0.15) is 5.56 Å². The Kier molecular flexibility index (Phi) is 3.78. The molecule has 1 aliphatic rings. The highest BCUT2D eigenvalue weighted by molar-refractivity contribution is 5.92. The summed E-state index contributed by atoms with van der Waals surface area (Å²) in [6.07, 6.45) is -0.336. The number of phenolic OH excluding ortho intramolecular Hbond substituents is 1. The molecule has 98 valence electrons. The number of benzene rings is 1. The molecule has 2 rings (SSSR count). The highest BCUT2D eigenvalue weighted by Crippen LogP contribution is 2.28. The maximum atomic E-state index is 13.6. The summed E-state index contributed by atoms with van der Waals surface area (Å²) in [5.74, 6) is -2.34. The van der Waals surface area contributed by atoms with Gasteiger partial charge in [-0.05, 0) is 17.7 Å². The summed E-state index contributed by atoms with van der Waals surface area (Å²) in [5, 5.41) is 12.6. The SMILES string of the molecule is COC(=O)c1cc(C2CNCCO2)cc(F)c1O. The normalized spacial score (nSPS) is 19.6. The van der Waals surface area contributed by atoms with Gasteiger partial charge in [-0.15, -0.1) is 0 Å². The van der Waals surface area contributed by atoms with Gasteiger partial charge in [-0.3, -0.25) is 0 Å². The van der Waals surface area contributed by atoms with Gasteiger partial charge in [-0.1, -0.05) is 0 Å². The van der Waals surface area contributed by atoms with Gasteiger partial charge in [-0.2, -0.15) is 0 Å². The van der Waals surface area contributed by atoms with Crippen LogP contribution in [0.25, 0.3) is 0 Å². The molecule has 1 unspecified atom stereocenters. The lowest BCUT2D eigenvalue weighted by atomic mass is 10.0. The predicted molar refractivity (Wildman–Crippen MR) is 61.0 cm³/mol. The zero-order chi connectivity index (χ0) is 13.1. The van der Waals surface area contributed by atoms with Crippen molar-refractivity contribution in [2.75, 3.05) is 26.8 Å². The Bertz CT molecular complexity index is 458. The van der Waals surface area contributed by atoms with Gasteiger partial charge in [0.15, 0.2) is 11.6 Å². The molecule has 1 fully saturated rings. The molecule has 1 aromatic carbocycles. The number of hydrogen-bond donors (Lipinski definition) is 2. The lowest BCUT2D eigenvalue weighted by Gasteiger charge is -2.24. The number of ether oxygens (including phenoxy) is 2. The number of carbonyl (C=O) groups excluding carboxylic acids is 1. The third-order valence-corrected chi connectivity index (χ3v) is 2.79. The molecule has 1 atom stereocenters. The Hall–Kier alpha value is -1.66. The van der Waals surface area contributed by atoms with Crippen molar-refractivity contribution in [2.24, 2.45) is 0 Å². The lowest BCUT2D eigenvalue weighted by Crippen LogP contribution is -2.33. The molecule has 0 radical (unpaired) electrons. The fraction of sp³-hybridized carbons (Fsp3) is 0.417. The largest absolute Gasteiger partial charge is 0.504 e. The van der Waals surface area contributed by atoms with Crippen LogP contribution >= 0.6 is 0 Å². The molecule has 6 heteroatoms. The van der Waals surface area contributed by atoms with Gasteiger partial charge in [0.05, 0.1) is 19.8 Å². The fourth-order valence-corrected chi connectivity index (χ4v) is 1.85. The van der Waals surface area contributed by atoms with Crippen LogP contribution in [0.5, 0.6) is 5.75 Å². The van der Waals surface area contributed by atoms with Crippen LogP contribution in [0.4, 0.5) is 4.39 Å². The number of carbonyl (C=O) groups is 1. The second kappa shape index (κ2) is 5.32. The number of methoxy groups -OCH3 is 1. The molecule has 1 saturated heterocycles. The third-order valence-electron chi connectivity index (χ3n) is 2.79. The first-order valence-corrected chi connectivity index (χ1v) is 5.56. The van der Waals surface area contributed by atoms with Gasteiger partial charge in [-0.25, -0.2) is 9.18 Å². The monoisotopic (exact) mass is 255 g/mol. The number of rotatable bonds is 2. The molecule has 0 bridgehead atoms. The van der Waals surface area contributed by atoms with Gasteiger partial charge in [0.25, 0.3) is 0 Å². The minimum Gasteiger partial charge on any atom is -0.504 e. The van der Waals surface area contributed by atoms with Crippen molar-refractivity contribution in [1.29, 1.82) is 0 Å². The van der Waals surface area contributed by atoms with Crippen molar-refractivity contribution in [3.8, 4) is 5.75 Å². The van der Waals surface area contributed by atoms with Crippen molar-refractivity contribution in [3.63, 3.8) is 0 Å². The van der Waals surface area contributed by atoms with Crippen LogP contribution in [0.15, 0.2) is 12.1 Å². The number of nitrogens with one attached hydrogen (secondary N) is 1. The van der Waals surface area contributed by atoms with Gasteiger partial charge in [0.2, 0.25) is 0 Å². The van der Waals surface area contributed by atoms with E-state index in [0.29, 0.717) is 18.7 Å². The summed E-state index contributed by atoms with van der Waals surface area (Å²) in [7, 11) is 1.17. The van der Waals surface area contributed by atoms with E-state index in [1.54, 1.807) is 0 Å². The first-order chi connectivity index (χ1) is 8.63. The molecule has 1 aromatic rings. The summed E-state index contributed by atoms with van der Waals surface area (Å²) in [6, 6.07) is 2.56. The molecular weight excluding hydrogens is 241 g/mol. The molecule has 0 amide bonds. The molecular formula is C12H14FNO4. The Labute approximate surface area is 104 Å². The van der Waals surface area contributed by atoms with E-state index in [2.05, 4.69) is 10.1 Å². The zero-order valence-electron chi connectivity index (χ0n) is 9.90. The lowest BCUT2D eigenvalue weighted by molar-refractivity contribution is 0.0273. The van der Waals surface area contributed by atoms with E-state index in [-0.39, 0.29) is 11.7 Å². The van der Waals surface area contributed by atoms with Crippen molar-refractivity contribution >= 4 is 5.97 Å². The highest BCUT2D eigenvalue weighted by atomic mass is 19.1. The van der Waals surface area contributed by atoms with Gasteiger partial charge in [0, 0.05) is 13.1 Å². The first kappa shape index (κ1) is 12.8. The van der Waals surface area contributed by atoms with Crippen molar-refractivity contribution in [1.82, 2.24) is 5.32 Å². The second-order valence-corrected chi connectivity index (χ2v) is 3.95. The molecule has 0 spiro atoms. The zero-order valence-corrected chi connectivity index (χ0v) is 9.90. The molecule has 0 aromatic heterocycles. The van der Waals surface area contributed by atoms with Crippen LogP contribution in [-0.4, -0.2) is 37.9 Å². The summed E-state index contributed by atoms with van der Waals surface area (Å²) in [6.45, 7) is 1.78. The van der Waals surface area contributed by atoms with E-state index in [4.69, 9.17) is 4.74 Å². The predicted octanol–water partition coefficient (Wildman–Crippen LogP) is 0.979. The number of morpholine rings is 1. The topological polar surface area (TPSA) is 67.8 Å². The van der Waals surface area contributed by atoms with E-state index in [0.717, 1.165) is 6.54 Å². The first-order valence-electron chi connectivity index (χ1n) is 5.56. The van der Waals surface area contributed by atoms with Crippen LogP contribution < -0.4 is 5.32 Å². The van der Waals surface area contributed by atoms with E-state index in [9.17, 15) is 14.3 Å². The third kappa shape index (κ3) is 2.44. The van der Waals surface area contributed by atoms with Crippen LogP contribution in [0, 0.1) is 5.82 Å². The molecule has 18 heavy (non-hydrogen) atoms. The smallest absolute Gasteiger partial charge is 0.341 e. The minimum atomic E-state index is -0.859. The summed E-state index contributed by atoms with van der Waals surface area (Å²) >= 11 is 0. The quantitative estimate of drug-likeness (QED) is 0.771. The van der Waals surface area contributed by atoms with Crippen molar-refractivity contribution in [2.45, 2.75) is 6.10 Å². The average Bonchev–Trinajstić information content (AvgIpc) is 2.41. The Balaban J connectivity index is 2.36. The Morgan fingerprint density at radius 3 is 3.00 bits per heavy atom. The van der Waals surface area contributed by atoms with Crippen LogP contribution in [0.1, 0.15) is 22.0 Å². The van der Waals surface area contributed by atoms with Crippen molar-refractivity contribution < 1.29 is 23.8 Å². The molecule has 0 saturated carbocycles. The van der Waals surface area contributed by atoms with Gasteiger partial charge >= 0.3 is 5.97 Å². The van der Waals surface area contributed by atoms with E-state index < -0.39 is 17.5 Å². The number of hydrogen-bond acceptors (Lipinski definition) is 5. The maximum Gasteiger partial charge on any atom is 0.341 e. The summed E-state index contributed by atoms with van der Waals surface area (Å²) in [5.41, 5.74) is 0.305. The second-order valence-electron chi connectivity index (χ2n) is 3.95. The molecule has 1 aliphatic heterocycles. The molecule has 0 aliphatic carbocycles. The number of esters is 1. The number of phenols is 1. The number of aromatic hydroxyl groups is 1. The molecule has 1 heterocycles. The van der Waals surface area contributed by atoms with Crippen LogP contribution in [0.2, 0.25) is 0 Å². The number of halogens is 1. The molecule has 5 nitrogen and oxygen atoms in total. The van der Waals surface area contributed by atoms with E-state index in [1.165, 1.54) is 19.2 Å². The van der Waals surface area contributed by atoms with Crippen LogP contribution in [0.3, 0.4) is 0 Å². The Morgan fingerprint density at radius 1 is 1.61 bits per heavy atom. The Morgan fingerprint density at radius 2 is 2.39 bits per heavy atom. The van der Waals surface area contributed by atoms with Gasteiger partial charge < -0.3 is 19.9 Å². The standard InChI is InChI=1S/C12H14FNO4/c1-17-12(16)8-4-7(5-9(13)11(8)15)10-6-14-2-3-18-10/h4-5,10,14-15H,2-3,6H2,1H3. The highest BCUT2D eigenvalue weighted by Gasteiger charge is 2.22. The molecule has 2 N–H and O–H groups in total. The maximum absolute atomic E-state index is 13.6. The summed E-state index contributed by atoms with van der Waals surface area (Å²) in [4.78, 5) is 11.4. The van der Waals surface area contributed by atoms with Crippen molar-refractivity contribution in [3.05, 3.63) is 29.1 Å². The minimum absolute atomic E-state index is 0.193. The fourth-order valence-electron chi connectivity index (χ4n) is 1.85. The summed E-state index contributed by atoms with van der Waals surface area (Å²) < 4.78 is 23.5. The average molecular weight is 255 g/mol.